The summed E-state index contributed by atoms with van der Waals surface area (Å²) in [5, 5.41) is 6.70. The fourth-order valence-corrected chi connectivity index (χ4v) is 4.82. The molecule has 0 bridgehead atoms. The number of hydrazone groups is 1. The molecule has 0 aliphatic heterocycles. The summed E-state index contributed by atoms with van der Waals surface area (Å²) in [5.74, 6) is 0.257. The number of hydrogen-bond acceptors (Lipinski definition) is 4. The van der Waals surface area contributed by atoms with Gasteiger partial charge in [-0.2, -0.15) is 5.10 Å². The van der Waals surface area contributed by atoms with Crippen LogP contribution in [0.15, 0.2) is 71.8 Å². The van der Waals surface area contributed by atoms with Crippen molar-refractivity contribution in [1.82, 2.24) is 5.43 Å². The summed E-state index contributed by atoms with van der Waals surface area (Å²) in [7, 11) is 0. The van der Waals surface area contributed by atoms with Crippen LogP contribution in [0.1, 0.15) is 28.4 Å². The van der Waals surface area contributed by atoms with Crippen molar-refractivity contribution >= 4 is 68.9 Å². The van der Waals surface area contributed by atoms with Gasteiger partial charge >= 0.3 is 0 Å². The Labute approximate surface area is 207 Å². The topological polar surface area (TPSA) is 79.8 Å². The molecule has 0 saturated heterocycles. The van der Waals surface area contributed by atoms with Gasteiger partial charge in [0.05, 0.1) is 13.4 Å². The maximum absolute atomic E-state index is 12.3. The Morgan fingerprint density at radius 2 is 1.71 bits per heavy atom. The first kappa shape index (κ1) is 23.2. The molecule has 3 aromatic carbocycles. The summed E-state index contributed by atoms with van der Waals surface area (Å²) in [6.45, 7) is 1.91. The molecule has 0 unspecified atom stereocenters. The van der Waals surface area contributed by atoms with E-state index in [0.717, 1.165) is 24.0 Å². The molecule has 0 aliphatic carbocycles. The number of carbonyl (C=O) groups is 2. The van der Waals surface area contributed by atoms with E-state index in [2.05, 4.69) is 61.0 Å². The molecule has 0 saturated carbocycles. The molecular formula is C23H19I2N3O3. The quantitative estimate of drug-likeness (QED) is 0.212. The molecule has 6 nitrogen and oxygen atoms in total. The highest BCUT2D eigenvalue weighted by molar-refractivity contribution is 14.1. The van der Waals surface area contributed by atoms with Crippen molar-refractivity contribution < 1.29 is 14.3 Å². The lowest BCUT2D eigenvalue weighted by Gasteiger charge is -2.11. The number of nitrogens with one attached hydrogen (secondary N) is 2. The Bertz CT molecular complexity index is 1100. The fourth-order valence-electron chi connectivity index (χ4n) is 2.69. The van der Waals surface area contributed by atoms with Gasteiger partial charge in [0.2, 0.25) is 5.91 Å². The Kier molecular flexibility index (Phi) is 8.41. The van der Waals surface area contributed by atoms with Crippen LogP contribution in [-0.2, 0) is 11.4 Å². The summed E-state index contributed by atoms with van der Waals surface area (Å²) in [4.78, 5) is 23.5. The number of amides is 2. The van der Waals surface area contributed by atoms with Gasteiger partial charge in [-0.1, -0.05) is 36.4 Å². The zero-order chi connectivity index (χ0) is 22.2. The predicted molar refractivity (Wildman–Crippen MR) is 138 cm³/mol. The van der Waals surface area contributed by atoms with Gasteiger partial charge in [-0.3, -0.25) is 9.59 Å². The zero-order valence-electron chi connectivity index (χ0n) is 16.6. The van der Waals surface area contributed by atoms with Crippen molar-refractivity contribution in [2.75, 3.05) is 5.32 Å². The van der Waals surface area contributed by atoms with Crippen molar-refractivity contribution in [3.63, 3.8) is 0 Å². The number of rotatable bonds is 7. The summed E-state index contributed by atoms with van der Waals surface area (Å²) in [6.07, 6.45) is 1.58. The third-order valence-electron chi connectivity index (χ3n) is 4.07. The van der Waals surface area contributed by atoms with Crippen LogP contribution < -0.4 is 15.5 Å². The first-order chi connectivity index (χ1) is 14.9. The van der Waals surface area contributed by atoms with Crippen LogP contribution in [-0.4, -0.2) is 18.0 Å². The summed E-state index contributed by atoms with van der Waals surface area (Å²) in [5.41, 5.74) is 5.41. The Hall–Kier alpha value is -2.47. The average molecular weight is 639 g/mol. The van der Waals surface area contributed by atoms with Gasteiger partial charge in [0.15, 0.2) is 0 Å². The van der Waals surface area contributed by atoms with E-state index in [1.807, 2.05) is 42.5 Å². The maximum Gasteiger partial charge on any atom is 0.271 e. The molecule has 3 rings (SSSR count). The molecule has 0 aromatic heterocycles. The van der Waals surface area contributed by atoms with Gasteiger partial charge in [0.1, 0.15) is 12.4 Å². The number of ether oxygens (including phenoxy) is 1. The van der Waals surface area contributed by atoms with Crippen LogP contribution in [0.3, 0.4) is 0 Å². The number of hydrogen-bond donors (Lipinski definition) is 2. The molecule has 0 spiro atoms. The first-order valence-corrected chi connectivity index (χ1v) is 11.4. The van der Waals surface area contributed by atoms with Gasteiger partial charge in [-0.25, -0.2) is 5.43 Å². The third kappa shape index (κ3) is 7.03. The van der Waals surface area contributed by atoms with Crippen molar-refractivity contribution in [1.29, 1.82) is 0 Å². The second kappa shape index (κ2) is 11.2. The summed E-state index contributed by atoms with van der Waals surface area (Å²) in [6, 6.07) is 20.5. The summed E-state index contributed by atoms with van der Waals surface area (Å²) < 4.78 is 7.90. The molecule has 31 heavy (non-hydrogen) atoms. The Morgan fingerprint density at radius 3 is 2.39 bits per heavy atom. The van der Waals surface area contributed by atoms with E-state index < -0.39 is 0 Å². The van der Waals surface area contributed by atoms with E-state index in [1.165, 1.54) is 6.92 Å². The molecule has 8 heteroatoms. The van der Waals surface area contributed by atoms with Gasteiger partial charge in [-0.15, -0.1) is 0 Å². The second-order valence-corrected chi connectivity index (χ2v) is 8.87. The Balaban J connectivity index is 1.63. The minimum Gasteiger partial charge on any atom is -0.487 e. The largest absolute Gasteiger partial charge is 0.487 e. The highest BCUT2D eigenvalue weighted by Gasteiger charge is 2.09. The second-order valence-electron chi connectivity index (χ2n) is 6.55. The SMILES string of the molecule is CC(=O)Nc1cccc(C(=O)N/N=C\c2cc(I)c(OCc3ccccc3)c(I)c2)c1. The number of benzene rings is 3. The smallest absolute Gasteiger partial charge is 0.271 e. The van der Waals surface area contributed by atoms with Crippen LogP contribution in [0.4, 0.5) is 5.69 Å². The van der Waals surface area contributed by atoms with Crippen LogP contribution in [0.2, 0.25) is 0 Å². The lowest BCUT2D eigenvalue weighted by atomic mass is 10.2. The van der Waals surface area contributed by atoms with Gasteiger partial charge in [-0.05, 0) is 86.6 Å². The van der Waals surface area contributed by atoms with E-state index in [1.54, 1.807) is 30.5 Å². The molecule has 2 N–H and O–H groups in total. The monoisotopic (exact) mass is 639 g/mol. The molecular weight excluding hydrogens is 620 g/mol. The zero-order valence-corrected chi connectivity index (χ0v) is 20.9. The summed E-state index contributed by atoms with van der Waals surface area (Å²) >= 11 is 4.46. The van der Waals surface area contributed by atoms with Crippen molar-refractivity contribution in [2.45, 2.75) is 13.5 Å². The van der Waals surface area contributed by atoms with E-state index in [9.17, 15) is 9.59 Å². The highest BCUT2D eigenvalue weighted by atomic mass is 127. The highest BCUT2D eigenvalue weighted by Crippen LogP contribution is 2.29. The van der Waals surface area contributed by atoms with E-state index in [0.29, 0.717) is 17.9 Å². The minimum atomic E-state index is -0.365. The Morgan fingerprint density at radius 1 is 1.00 bits per heavy atom. The molecule has 0 radical (unpaired) electrons. The first-order valence-electron chi connectivity index (χ1n) is 9.29. The van der Waals surface area contributed by atoms with E-state index in [-0.39, 0.29) is 11.8 Å². The van der Waals surface area contributed by atoms with Gasteiger partial charge in [0, 0.05) is 18.2 Å². The minimum absolute atomic E-state index is 0.198. The predicted octanol–water partition coefficient (Wildman–Crippen LogP) is 5.20. The molecule has 158 valence electrons. The molecule has 0 atom stereocenters. The van der Waals surface area contributed by atoms with E-state index >= 15 is 0 Å². The third-order valence-corrected chi connectivity index (χ3v) is 5.67. The normalized spacial score (nSPS) is 10.7. The average Bonchev–Trinajstić information content (AvgIpc) is 2.73. The van der Waals surface area contributed by atoms with Crippen LogP contribution in [0, 0.1) is 7.14 Å². The standard InChI is InChI=1S/C23H19I2N3O3/c1-15(29)27-19-9-5-8-18(12-19)23(30)28-26-13-17-10-20(24)22(21(25)11-17)31-14-16-6-3-2-4-7-16/h2-13H,14H2,1H3,(H,27,29)(H,28,30)/b26-13-. The van der Waals surface area contributed by atoms with E-state index in [4.69, 9.17) is 4.74 Å². The molecule has 0 aliphatic rings. The molecule has 2 amide bonds. The molecule has 3 aromatic rings. The van der Waals surface area contributed by atoms with Crippen LogP contribution >= 0.6 is 45.2 Å². The lowest BCUT2D eigenvalue weighted by Crippen LogP contribution is -2.18. The van der Waals surface area contributed by atoms with Crippen molar-refractivity contribution in [2.24, 2.45) is 5.10 Å². The lowest BCUT2D eigenvalue weighted by molar-refractivity contribution is -0.114. The number of anilines is 1. The number of carbonyl (C=O) groups excluding carboxylic acids is 2. The maximum atomic E-state index is 12.3. The number of nitrogens with zero attached hydrogens (tertiary/aromatic N) is 1. The van der Waals surface area contributed by atoms with Crippen molar-refractivity contribution in [3.8, 4) is 5.75 Å². The van der Waals surface area contributed by atoms with Crippen molar-refractivity contribution in [3.05, 3.63) is 90.6 Å². The van der Waals surface area contributed by atoms with Crippen LogP contribution in [0.25, 0.3) is 0 Å². The number of halogens is 2. The van der Waals surface area contributed by atoms with Crippen LogP contribution in [0.5, 0.6) is 5.75 Å². The molecule has 0 fully saturated rings. The van der Waals surface area contributed by atoms with Gasteiger partial charge in [0.25, 0.3) is 5.91 Å². The molecule has 0 heterocycles. The fraction of sp³-hybridized carbons (Fsp3) is 0.0870. The van der Waals surface area contributed by atoms with Gasteiger partial charge < -0.3 is 10.1 Å².